The highest BCUT2D eigenvalue weighted by molar-refractivity contribution is 7.21. The Morgan fingerprint density at radius 2 is 2.15 bits per heavy atom. The van der Waals surface area contributed by atoms with Crippen molar-refractivity contribution in [2.24, 2.45) is 0 Å². The molecule has 0 amide bonds. The Morgan fingerprint density at radius 1 is 1.30 bits per heavy atom. The highest BCUT2D eigenvalue weighted by Gasteiger charge is 2.14. The first-order valence-electron chi connectivity index (χ1n) is 8.51. The van der Waals surface area contributed by atoms with Gasteiger partial charge in [-0.25, -0.2) is 9.78 Å². The number of hydrogen-bond acceptors (Lipinski definition) is 6. The van der Waals surface area contributed by atoms with Crippen LogP contribution in [-0.4, -0.2) is 22.7 Å². The second-order valence-electron chi connectivity index (χ2n) is 6.39. The molecule has 1 atom stereocenters. The second kappa shape index (κ2) is 7.40. The van der Waals surface area contributed by atoms with Crippen molar-refractivity contribution in [3.8, 4) is 10.6 Å². The van der Waals surface area contributed by atoms with Gasteiger partial charge in [0, 0.05) is 18.0 Å². The van der Waals surface area contributed by atoms with Crippen molar-refractivity contribution in [1.29, 1.82) is 0 Å². The molecular weight excluding hydrogens is 384 g/mol. The molecule has 2 N–H and O–H groups in total. The van der Waals surface area contributed by atoms with E-state index in [0.29, 0.717) is 33.2 Å². The van der Waals surface area contributed by atoms with E-state index in [4.69, 9.17) is 21.1 Å². The number of rotatable bonds is 5. The normalized spacial score (nSPS) is 12.7. The molecule has 0 fully saturated rings. The van der Waals surface area contributed by atoms with Gasteiger partial charge in [-0.15, -0.1) is 11.3 Å². The van der Waals surface area contributed by atoms with Crippen LogP contribution in [0.15, 0.2) is 51.7 Å². The summed E-state index contributed by atoms with van der Waals surface area (Å²) in [6, 6.07) is 13.1. The fourth-order valence-electron chi connectivity index (χ4n) is 2.80. The molecule has 4 rings (SSSR count). The standard InChI is InChI=1S/C20H17ClN2O3S/c1-11(10-24)22-9-12-5-6-13-8-14(20(25)26-16(13)7-12)19-23-18-15(21)3-2-4-17(18)27-19/h2-8,11,22,24H,9-10H2,1H3. The topological polar surface area (TPSA) is 75.4 Å². The third kappa shape index (κ3) is 3.61. The zero-order valence-corrected chi connectivity index (χ0v) is 16.1. The predicted octanol–water partition coefficient (Wildman–Crippen LogP) is 4.19. The summed E-state index contributed by atoms with van der Waals surface area (Å²) in [6.07, 6.45) is 0. The van der Waals surface area contributed by atoms with Crippen molar-refractivity contribution < 1.29 is 9.52 Å². The molecule has 0 aliphatic heterocycles. The van der Waals surface area contributed by atoms with Crippen molar-refractivity contribution >= 4 is 44.1 Å². The summed E-state index contributed by atoms with van der Waals surface area (Å²) < 4.78 is 6.48. The van der Waals surface area contributed by atoms with Crippen LogP contribution in [0.2, 0.25) is 5.02 Å². The molecule has 4 aromatic rings. The molecule has 2 aromatic heterocycles. The second-order valence-corrected chi connectivity index (χ2v) is 7.83. The quantitative estimate of drug-likeness (QED) is 0.491. The number of fused-ring (bicyclic) bond motifs is 2. The van der Waals surface area contributed by atoms with Crippen LogP contribution in [0.5, 0.6) is 0 Å². The molecule has 5 nitrogen and oxygen atoms in total. The number of para-hydroxylation sites is 1. The van der Waals surface area contributed by atoms with Crippen molar-refractivity contribution in [3.63, 3.8) is 0 Å². The maximum Gasteiger partial charge on any atom is 0.346 e. The fourth-order valence-corrected chi connectivity index (χ4v) is 4.07. The van der Waals surface area contributed by atoms with Gasteiger partial charge in [-0.3, -0.25) is 0 Å². The van der Waals surface area contributed by atoms with Crippen molar-refractivity contribution in [1.82, 2.24) is 10.3 Å². The maximum absolute atomic E-state index is 12.5. The van der Waals surface area contributed by atoms with Gasteiger partial charge in [-0.2, -0.15) is 0 Å². The molecule has 0 saturated carbocycles. The molecule has 138 valence electrons. The van der Waals surface area contributed by atoms with Gasteiger partial charge in [0.15, 0.2) is 0 Å². The van der Waals surface area contributed by atoms with E-state index in [1.54, 1.807) is 12.1 Å². The van der Waals surface area contributed by atoms with Gasteiger partial charge in [-0.05, 0) is 36.8 Å². The number of halogens is 1. The summed E-state index contributed by atoms with van der Waals surface area (Å²) in [4.78, 5) is 17.1. The van der Waals surface area contributed by atoms with Crippen molar-refractivity contribution in [2.45, 2.75) is 19.5 Å². The van der Waals surface area contributed by atoms with E-state index in [1.165, 1.54) is 11.3 Å². The largest absolute Gasteiger partial charge is 0.422 e. The first-order valence-corrected chi connectivity index (χ1v) is 9.71. The Hall–Kier alpha value is -2.25. The van der Waals surface area contributed by atoms with Crippen LogP contribution in [0.4, 0.5) is 0 Å². The van der Waals surface area contributed by atoms with Gasteiger partial charge in [0.2, 0.25) is 0 Å². The van der Waals surface area contributed by atoms with Gasteiger partial charge in [0.1, 0.15) is 16.1 Å². The third-order valence-electron chi connectivity index (χ3n) is 4.33. The van der Waals surface area contributed by atoms with Crippen LogP contribution < -0.4 is 10.9 Å². The predicted molar refractivity (Wildman–Crippen MR) is 109 cm³/mol. The lowest BCUT2D eigenvalue weighted by Gasteiger charge is -2.10. The lowest BCUT2D eigenvalue weighted by molar-refractivity contribution is 0.251. The molecule has 0 aliphatic carbocycles. The van der Waals surface area contributed by atoms with Crippen molar-refractivity contribution in [2.75, 3.05) is 6.61 Å². The van der Waals surface area contributed by atoms with Crippen LogP contribution >= 0.6 is 22.9 Å². The Bertz CT molecular complexity index is 1180. The number of hydrogen-bond donors (Lipinski definition) is 2. The molecule has 0 aliphatic rings. The number of nitrogens with zero attached hydrogens (tertiary/aromatic N) is 1. The van der Waals surface area contributed by atoms with Crippen LogP contribution in [0.1, 0.15) is 12.5 Å². The highest BCUT2D eigenvalue weighted by atomic mass is 35.5. The number of aromatic nitrogens is 1. The van der Waals surface area contributed by atoms with E-state index < -0.39 is 5.63 Å². The molecule has 0 bridgehead atoms. The molecule has 27 heavy (non-hydrogen) atoms. The van der Waals surface area contributed by atoms with Gasteiger partial charge >= 0.3 is 5.63 Å². The minimum absolute atomic E-state index is 0.000871. The molecule has 0 saturated heterocycles. The number of aliphatic hydroxyl groups is 1. The summed E-state index contributed by atoms with van der Waals surface area (Å²) in [5, 5.41) is 14.3. The molecule has 0 radical (unpaired) electrons. The van der Waals surface area contributed by atoms with E-state index in [2.05, 4.69) is 10.3 Å². The van der Waals surface area contributed by atoms with Crippen LogP contribution in [0.25, 0.3) is 31.8 Å². The van der Waals surface area contributed by atoms with Crippen molar-refractivity contribution in [3.05, 3.63) is 63.5 Å². The van der Waals surface area contributed by atoms with E-state index >= 15 is 0 Å². The Morgan fingerprint density at radius 3 is 2.93 bits per heavy atom. The maximum atomic E-state index is 12.5. The SMILES string of the molecule is CC(CO)NCc1ccc2cc(-c3nc4c(Cl)cccc4s3)c(=O)oc2c1. The molecule has 2 aromatic carbocycles. The van der Waals surface area contributed by atoms with Gasteiger partial charge in [0.05, 0.1) is 21.9 Å². The lowest BCUT2D eigenvalue weighted by atomic mass is 10.1. The summed E-state index contributed by atoms with van der Waals surface area (Å²) in [5.74, 6) is 0. The number of nitrogens with one attached hydrogen (secondary N) is 1. The van der Waals surface area contributed by atoms with Gasteiger partial charge < -0.3 is 14.8 Å². The molecular formula is C20H17ClN2O3S. The monoisotopic (exact) mass is 400 g/mol. The Balaban J connectivity index is 1.73. The Labute approximate surface area is 164 Å². The zero-order chi connectivity index (χ0) is 19.0. The summed E-state index contributed by atoms with van der Waals surface area (Å²) >= 11 is 7.61. The first kappa shape index (κ1) is 18.1. The minimum Gasteiger partial charge on any atom is -0.422 e. The van der Waals surface area contributed by atoms with Gasteiger partial charge in [0.25, 0.3) is 0 Å². The van der Waals surface area contributed by atoms with Gasteiger partial charge in [-0.1, -0.05) is 29.8 Å². The lowest BCUT2D eigenvalue weighted by Crippen LogP contribution is -2.28. The van der Waals surface area contributed by atoms with Crippen LogP contribution in [-0.2, 0) is 6.54 Å². The number of aliphatic hydroxyl groups excluding tert-OH is 1. The summed E-state index contributed by atoms with van der Waals surface area (Å²) in [7, 11) is 0. The van der Waals surface area contributed by atoms with E-state index in [0.717, 1.165) is 15.6 Å². The van der Waals surface area contributed by atoms with E-state index in [1.807, 2.05) is 37.3 Å². The third-order valence-corrected chi connectivity index (χ3v) is 5.69. The molecule has 2 heterocycles. The average molecular weight is 401 g/mol. The zero-order valence-electron chi connectivity index (χ0n) is 14.5. The molecule has 0 spiro atoms. The van der Waals surface area contributed by atoms with Crippen LogP contribution in [0.3, 0.4) is 0 Å². The number of benzene rings is 2. The molecule has 7 heteroatoms. The fraction of sp³-hybridized carbons (Fsp3) is 0.200. The Kier molecular flexibility index (Phi) is 4.97. The minimum atomic E-state index is -0.425. The van der Waals surface area contributed by atoms with E-state index in [9.17, 15) is 4.79 Å². The average Bonchev–Trinajstić information content (AvgIpc) is 3.10. The smallest absolute Gasteiger partial charge is 0.346 e. The first-order chi connectivity index (χ1) is 13.0. The molecule has 1 unspecified atom stereocenters. The summed E-state index contributed by atoms with van der Waals surface area (Å²) in [5.41, 5.74) is 2.20. The van der Waals surface area contributed by atoms with Crippen LogP contribution in [0, 0.1) is 0 Å². The van der Waals surface area contributed by atoms with E-state index in [-0.39, 0.29) is 12.6 Å². The number of thiazole rings is 1. The summed E-state index contributed by atoms with van der Waals surface area (Å²) in [6.45, 7) is 2.55. The highest BCUT2D eigenvalue weighted by Crippen LogP contribution is 2.33.